The van der Waals surface area contributed by atoms with E-state index in [2.05, 4.69) is 16.7 Å². The van der Waals surface area contributed by atoms with Gasteiger partial charge in [0.1, 0.15) is 5.75 Å². The first-order valence-corrected chi connectivity index (χ1v) is 6.56. The number of benzene rings is 1. The fraction of sp³-hybridized carbons (Fsp3) is 0.500. The lowest BCUT2D eigenvalue weighted by Crippen LogP contribution is -2.29. The summed E-state index contributed by atoms with van der Waals surface area (Å²) in [5.74, 6) is 0.712. The molecule has 0 unspecified atom stereocenters. The van der Waals surface area contributed by atoms with Crippen LogP contribution < -0.4 is 15.4 Å². The molecule has 2 rings (SSSR count). The highest BCUT2D eigenvalue weighted by atomic mass is 16.5. The molecule has 4 heteroatoms. The van der Waals surface area contributed by atoms with Crippen molar-refractivity contribution in [2.45, 2.75) is 26.2 Å². The van der Waals surface area contributed by atoms with Crippen LogP contribution in [-0.2, 0) is 11.2 Å². The Balaban J connectivity index is 1.95. The van der Waals surface area contributed by atoms with Crippen molar-refractivity contribution in [2.24, 2.45) is 0 Å². The largest absolute Gasteiger partial charge is 0.482 e. The molecule has 1 aliphatic heterocycles. The Hall–Kier alpha value is -1.71. The third kappa shape index (κ3) is 3.15. The lowest BCUT2D eigenvalue weighted by atomic mass is 10.0. The molecule has 0 aliphatic carbocycles. The van der Waals surface area contributed by atoms with Crippen LogP contribution in [0.1, 0.15) is 25.3 Å². The maximum atomic E-state index is 11.5. The van der Waals surface area contributed by atoms with E-state index in [1.165, 1.54) is 5.56 Å². The molecule has 0 bridgehead atoms. The molecule has 18 heavy (non-hydrogen) atoms. The third-order valence-corrected chi connectivity index (χ3v) is 2.97. The Labute approximate surface area is 108 Å². The molecule has 1 aliphatic rings. The average molecular weight is 248 g/mol. The standard InChI is InChI=1S/C14H20N2O2/c1-2-8-15-13(17)10-18-12-7-3-5-11-6-4-9-16-14(11)12/h3,5,7,16H,2,4,6,8-10H2,1H3,(H,15,17). The molecule has 1 aromatic carbocycles. The van der Waals surface area contributed by atoms with Gasteiger partial charge in [0.2, 0.25) is 0 Å². The van der Waals surface area contributed by atoms with Crippen LogP contribution in [0.2, 0.25) is 0 Å². The van der Waals surface area contributed by atoms with Crippen LogP contribution in [0.3, 0.4) is 0 Å². The maximum absolute atomic E-state index is 11.5. The number of rotatable bonds is 5. The minimum absolute atomic E-state index is 0.0646. The summed E-state index contributed by atoms with van der Waals surface area (Å²) in [4.78, 5) is 11.5. The normalized spacial score (nSPS) is 13.4. The first-order valence-electron chi connectivity index (χ1n) is 6.56. The molecule has 0 radical (unpaired) electrons. The molecule has 1 aromatic rings. The number of nitrogens with one attached hydrogen (secondary N) is 2. The van der Waals surface area contributed by atoms with Crippen molar-refractivity contribution in [1.82, 2.24) is 5.32 Å². The Morgan fingerprint density at radius 3 is 3.22 bits per heavy atom. The summed E-state index contributed by atoms with van der Waals surface area (Å²) in [6, 6.07) is 5.99. The number of aryl methyl sites for hydroxylation is 1. The van der Waals surface area contributed by atoms with E-state index in [1.54, 1.807) is 0 Å². The fourth-order valence-electron chi connectivity index (χ4n) is 2.06. The molecule has 4 nitrogen and oxygen atoms in total. The summed E-state index contributed by atoms with van der Waals surface area (Å²) in [7, 11) is 0. The van der Waals surface area contributed by atoms with Crippen molar-refractivity contribution < 1.29 is 9.53 Å². The van der Waals surface area contributed by atoms with E-state index in [9.17, 15) is 4.79 Å². The van der Waals surface area contributed by atoms with Gasteiger partial charge in [0, 0.05) is 13.1 Å². The highest BCUT2D eigenvalue weighted by Crippen LogP contribution is 2.31. The summed E-state index contributed by atoms with van der Waals surface area (Å²) in [6.45, 7) is 3.78. The Morgan fingerprint density at radius 2 is 2.39 bits per heavy atom. The number of hydrogen-bond donors (Lipinski definition) is 2. The number of anilines is 1. The van der Waals surface area contributed by atoms with E-state index in [4.69, 9.17) is 4.74 Å². The molecule has 98 valence electrons. The topological polar surface area (TPSA) is 50.4 Å². The van der Waals surface area contributed by atoms with Crippen molar-refractivity contribution in [1.29, 1.82) is 0 Å². The second-order valence-electron chi connectivity index (χ2n) is 4.46. The molecular weight excluding hydrogens is 228 g/mol. The number of ether oxygens (including phenoxy) is 1. The zero-order valence-corrected chi connectivity index (χ0v) is 10.8. The number of fused-ring (bicyclic) bond motifs is 1. The quantitative estimate of drug-likeness (QED) is 0.837. The summed E-state index contributed by atoms with van der Waals surface area (Å²) in [5, 5.41) is 6.14. The van der Waals surface area contributed by atoms with E-state index in [0.29, 0.717) is 6.54 Å². The molecule has 2 N–H and O–H groups in total. The van der Waals surface area contributed by atoms with Gasteiger partial charge in [0.25, 0.3) is 5.91 Å². The van der Waals surface area contributed by atoms with Crippen molar-refractivity contribution in [3.05, 3.63) is 23.8 Å². The van der Waals surface area contributed by atoms with Crippen LogP contribution >= 0.6 is 0 Å². The van der Waals surface area contributed by atoms with E-state index in [0.717, 1.165) is 37.2 Å². The molecule has 0 aromatic heterocycles. The lowest BCUT2D eigenvalue weighted by molar-refractivity contribution is -0.123. The Morgan fingerprint density at radius 1 is 1.50 bits per heavy atom. The smallest absolute Gasteiger partial charge is 0.257 e. The summed E-state index contributed by atoms with van der Waals surface area (Å²) in [6.07, 6.45) is 3.16. The first-order chi connectivity index (χ1) is 8.81. The van der Waals surface area contributed by atoms with Gasteiger partial charge in [-0.2, -0.15) is 0 Å². The number of carbonyl (C=O) groups excluding carboxylic acids is 1. The number of hydrogen-bond acceptors (Lipinski definition) is 3. The van der Waals surface area contributed by atoms with Crippen molar-refractivity contribution in [3.8, 4) is 5.75 Å². The van der Waals surface area contributed by atoms with Gasteiger partial charge in [-0.25, -0.2) is 0 Å². The van der Waals surface area contributed by atoms with Gasteiger partial charge < -0.3 is 15.4 Å². The van der Waals surface area contributed by atoms with E-state index < -0.39 is 0 Å². The molecule has 0 fully saturated rings. The SMILES string of the molecule is CCCNC(=O)COc1cccc2c1NCCC2. The second kappa shape index (κ2) is 6.28. The molecule has 1 amide bonds. The Kier molecular flexibility index (Phi) is 4.45. The molecule has 0 saturated carbocycles. The molecule has 0 saturated heterocycles. The predicted molar refractivity (Wildman–Crippen MR) is 72.0 cm³/mol. The fourth-order valence-corrected chi connectivity index (χ4v) is 2.06. The van der Waals surface area contributed by atoms with Gasteiger partial charge in [0.05, 0.1) is 5.69 Å². The van der Waals surface area contributed by atoms with Crippen molar-refractivity contribution in [3.63, 3.8) is 0 Å². The van der Waals surface area contributed by atoms with Crippen LogP contribution in [0.25, 0.3) is 0 Å². The molecular formula is C14H20N2O2. The minimum atomic E-state index is -0.0646. The molecule has 0 atom stereocenters. The average Bonchev–Trinajstić information content (AvgIpc) is 2.42. The van der Waals surface area contributed by atoms with Crippen LogP contribution in [0.15, 0.2) is 18.2 Å². The van der Waals surface area contributed by atoms with Crippen LogP contribution in [-0.4, -0.2) is 25.6 Å². The number of amides is 1. The lowest BCUT2D eigenvalue weighted by Gasteiger charge is -2.21. The summed E-state index contributed by atoms with van der Waals surface area (Å²) in [5.41, 5.74) is 2.32. The van der Waals surface area contributed by atoms with Gasteiger partial charge in [-0.3, -0.25) is 4.79 Å². The van der Waals surface area contributed by atoms with Gasteiger partial charge in [-0.1, -0.05) is 19.1 Å². The van der Waals surface area contributed by atoms with E-state index in [1.807, 2.05) is 19.1 Å². The van der Waals surface area contributed by atoms with Gasteiger partial charge in [-0.15, -0.1) is 0 Å². The van der Waals surface area contributed by atoms with Gasteiger partial charge in [0.15, 0.2) is 6.61 Å². The number of carbonyl (C=O) groups is 1. The van der Waals surface area contributed by atoms with Crippen LogP contribution in [0.5, 0.6) is 5.75 Å². The first kappa shape index (κ1) is 12.7. The van der Waals surface area contributed by atoms with Crippen molar-refractivity contribution >= 4 is 11.6 Å². The highest BCUT2D eigenvalue weighted by molar-refractivity contribution is 5.77. The molecule has 0 spiro atoms. The monoisotopic (exact) mass is 248 g/mol. The highest BCUT2D eigenvalue weighted by Gasteiger charge is 2.13. The van der Waals surface area contributed by atoms with Crippen LogP contribution in [0.4, 0.5) is 5.69 Å². The molecule has 1 heterocycles. The zero-order chi connectivity index (χ0) is 12.8. The number of para-hydroxylation sites is 1. The third-order valence-electron chi connectivity index (χ3n) is 2.97. The predicted octanol–water partition coefficient (Wildman–Crippen LogP) is 1.95. The van der Waals surface area contributed by atoms with Crippen molar-refractivity contribution in [2.75, 3.05) is 25.0 Å². The Bertz CT molecular complexity index is 418. The zero-order valence-electron chi connectivity index (χ0n) is 10.8. The minimum Gasteiger partial charge on any atom is -0.482 e. The van der Waals surface area contributed by atoms with Gasteiger partial charge >= 0.3 is 0 Å². The van der Waals surface area contributed by atoms with E-state index in [-0.39, 0.29) is 12.5 Å². The van der Waals surface area contributed by atoms with Crippen LogP contribution in [0, 0.1) is 0 Å². The second-order valence-corrected chi connectivity index (χ2v) is 4.46. The van der Waals surface area contributed by atoms with Gasteiger partial charge in [-0.05, 0) is 30.9 Å². The summed E-state index contributed by atoms with van der Waals surface area (Å²) < 4.78 is 5.59. The maximum Gasteiger partial charge on any atom is 0.257 e. The van der Waals surface area contributed by atoms with E-state index >= 15 is 0 Å². The summed E-state index contributed by atoms with van der Waals surface area (Å²) >= 11 is 0.